The van der Waals surface area contributed by atoms with E-state index in [2.05, 4.69) is 17.0 Å². The largest absolute Gasteiger partial charge is 0.486 e. The fraction of sp³-hybridized carbons (Fsp3) is 0.261. The molecule has 5 nitrogen and oxygen atoms in total. The monoisotopic (exact) mass is 394 g/mol. The highest BCUT2D eigenvalue weighted by Crippen LogP contribution is 2.17. The Balaban J connectivity index is 1.27. The van der Waals surface area contributed by atoms with E-state index in [4.69, 9.17) is 9.15 Å². The van der Waals surface area contributed by atoms with E-state index >= 15 is 0 Å². The molecule has 1 amide bonds. The average molecular weight is 394 g/mol. The number of carbonyl (C=O) groups excluding carboxylic acids is 1. The average Bonchev–Trinajstić information content (AvgIpc) is 3.23. The summed E-state index contributed by atoms with van der Waals surface area (Å²) in [6.45, 7) is 4.10. The van der Waals surface area contributed by atoms with Gasteiger partial charge in [-0.1, -0.05) is 30.3 Å². The molecule has 150 valence electrons. The van der Waals surface area contributed by atoms with Gasteiger partial charge in [-0.3, -0.25) is 9.69 Å². The molecule has 1 aliphatic heterocycles. The molecular weight excluding hydrogens is 371 g/mol. The predicted molar refractivity (Wildman–Crippen MR) is 107 cm³/mol. The molecule has 0 radical (unpaired) electrons. The molecule has 6 heteroatoms. The van der Waals surface area contributed by atoms with Crippen LogP contribution < -0.4 is 4.74 Å². The summed E-state index contributed by atoms with van der Waals surface area (Å²) in [5, 5.41) is 0. The van der Waals surface area contributed by atoms with Crippen LogP contribution in [-0.4, -0.2) is 41.9 Å². The van der Waals surface area contributed by atoms with E-state index in [0.29, 0.717) is 30.4 Å². The van der Waals surface area contributed by atoms with Crippen molar-refractivity contribution in [3.05, 3.63) is 89.6 Å². The quantitative estimate of drug-likeness (QED) is 0.635. The van der Waals surface area contributed by atoms with Crippen molar-refractivity contribution < 1.29 is 18.3 Å². The van der Waals surface area contributed by atoms with E-state index < -0.39 is 0 Å². The minimum Gasteiger partial charge on any atom is -0.486 e. The zero-order chi connectivity index (χ0) is 20.1. The molecule has 0 N–H and O–H groups in total. The van der Waals surface area contributed by atoms with Gasteiger partial charge in [-0.15, -0.1) is 0 Å². The van der Waals surface area contributed by atoms with E-state index in [1.807, 2.05) is 23.1 Å². The standard InChI is InChI=1S/C23H23FN2O3/c24-19-6-8-20(9-7-19)28-17-21-10-11-22(29-21)23(27)26-14-12-25(13-15-26)16-18-4-2-1-3-5-18/h1-11H,12-17H2. The molecule has 2 heterocycles. The van der Waals surface area contributed by atoms with Crippen molar-refractivity contribution in [3.63, 3.8) is 0 Å². The van der Waals surface area contributed by atoms with E-state index in [0.717, 1.165) is 19.6 Å². The third-order valence-corrected chi connectivity index (χ3v) is 4.98. The van der Waals surface area contributed by atoms with Crippen LogP contribution in [0.3, 0.4) is 0 Å². The Bertz CT molecular complexity index is 932. The van der Waals surface area contributed by atoms with Crippen LogP contribution in [0.15, 0.2) is 71.1 Å². The third kappa shape index (κ3) is 5.03. The summed E-state index contributed by atoms with van der Waals surface area (Å²) in [5.41, 5.74) is 1.28. The van der Waals surface area contributed by atoms with Crippen LogP contribution in [0, 0.1) is 5.82 Å². The second-order valence-electron chi connectivity index (χ2n) is 7.06. The van der Waals surface area contributed by atoms with Gasteiger partial charge in [0.1, 0.15) is 23.9 Å². The molecule has 0 unspecified atom stereocenters. The van der Waals surface area contributed by atoms with Gasteiger partial charge in [-0.25, -0.2) is 4.39 Å². The normalized spacial score (nSPS) is 14.7. The summed E-state index contributed by atoms with van der Waals surface area (Å²) in [5.74, 6) is 1.01. The van der Waals surface area contributed by atoms with Crippen LogP contribution in [0.2, 0.25) is 0 Å². The van der Waals surface area contributed by atoms with Gasteiger partial charge in [0.2, 0.25) is 0 Å². The number of ether oxygens (including phenoxy) is 1. The van der Waals surface area contributed by atoms with Crippen molar-refractivity contribution >= 4 is 5.91 Å². The topological polar surface area (TPSA) is 45.9 Å². The van der Waals surface area contributed by atoms with Crippen molar-refractivity contribution in [2.45, 2.75) is 13.2 Å². The number of halogens is 1. The lowest BCUT2D eigenvalue weighted by atomic mass is 10.2. The number of amides is 1. The molecule has 0 aliphatic carbocycles. The Morgan fingerprint density at radius 1 is 0.931 bits per heavy atom. The number of hydrogen-bond acceptors (Lipinski definition) is 4. The number of nitrogens with zero attached hydrogens (tertiary/aromatic N) is 2. The lowest BCUT2D eigenvalue weighted by molar-refractivity contribution is 0.0594. The zero-order valence-corrected chi connectivity index (χ0v) is 16.1. The number of rotatable bonds is 6. The van der Waals surface area contributed by atoms with Gasteiger partial charge in [-0.2, -0.15) is 0 Å². The Kier molecular flexibility index (Phi) is 5.91. The maximum absolute atomic E-state index is 12.9. The first-order valence-electron chi connectivity index (χ1n) is 9.70. The molecule has 1 aliphatic rings. The van der Waals surface area contributed by atoms with Gasteiger partial charge >= 0.3 is 0 Å². The van der Waals surface area contributed by atoms with Crippen LogP contribution in [0.4, 0.5) is 4.39 Å². The van der Waals surface area contributed by atoms with Crippen molar-refractivity contribution in [1.82, 2.24) is 9.80 Å². The van der Waals surface area contributed by atoms with E-state index in [1.54, 1.807) is 24.3 Å². The van der Waals surface area contributed by atoms with Gasteiger partial charge in [0, 0.05) is 32.7 Å². The zero-order valence-electron chi connectivity index (χ0n) is 16.1. The summed E-state index contributed by atoms with van der Waals surface area (Å²) in [7, 11) is 0. The molecule has 1 aromatic heterocycles. The predicted octanol–water partition coefficient (Wildman–Crippen LogP) is 3.96. The summed E-state index contributed by atoms with van der Waals surface area (Å²) in [4.78, 5) is 16.9. The smallest absolute Gasteiger partial charge is 0.289 e. The summed E-state index contributed by atoms with van der Waals surface area (Å²) >= 11 is 0. The second-order valence-corrected chi connectivity index (χ2v) is 7.06. The molecular formula is C23H23FN2O3. The Hall–Kier alpha value is -3.12. The molecule has 0 bridgehead atoms. The van der Waals surface area contributed by atoms with Crippen LogP contribution in [0.1, 0.15) is 21.9 Å². The molecule has 0 atom stereocenters. The van der Waals surface area contributed by atoms with Crippen molar-refractivity contribution in [1.29, 1.82) is 0 Å². The first-order valence-corrected chi connectivity index (χ1v) is 9.70. The number of piperazine rings is 1. The maximum atomic E-state index is 12.9. The van der Waals surface area contributed by atoms with Gasteiger partial charge in [0.25, 0.3) is 5.91 Å². The molecule has 29 heavy (non-hydrogen) atoms. The molecule has 4 rings (SSSR count). The fourth-order valence-corrected chi connectivity index (χ4v) is 3.36. The highest BCUT2D eigenvalue weighted by Gasteiger charge is 2.24. The molecule has 0 saturated carbocycles. The van der Waals surface area contributed by atoms with Gasteiger partial charge in [0.15, 0.2) is 5.76 Å². The van der Waals surface area contributed by atoms with Gasteiger partial charge in [0.05, 0.1) is 0 Å². The minimum atomic E-state index is -0.313. The highest BCUT2D eigenvalue weighted by molar-refractivity contribution is 5.91. The Morgan fingerprint density at radius 2 is 1.66 bits per heavy atom. The van der Waals surface area contributed by atoms with Crippen molar-refractivity contribution in [2.75, 3.05) is 26.2 Å². The maximum Gasteiger partial charge on any atom is 0.289 e. The first kappa shape index (κ1) is 19.2. The molecule has 1 fully saturated rings. The lowest BCUT2D eigenvalue weighted by Crippen LogP contribution is -2.48. The van der Waals surface area contributed by atoms with Gasteiger partial charge < -0.3 is 14.1 Å². The summed E-state index contributed by atoms with van der Waals surface area (Å²) in [6, 6.07) is 19.6. The second kappa shape index (κ2) is 8.92. The van der Waals surface area contributed by atoms with Crippen molar-refractivity contribution in [3.8, 4) is 5.75 Å². The molecule has 1 saturated heterocycles. The third-order valence-electron chi connectivity index (χ3n) is 4.98. The number of hydrogen-bond donors (Lipinski definition) is 0. The highest BCUT2D eigenvalue weighted by atomic mass is 19.1. The Labute approximate surface area is 169 Å². The molecule has 3 aromatic rings. The van der Waals surface area contributed by atoms with Crippen LogP contribution >= 0.6 is 0 Å². The first-order chi connectivity index (χ1) is 14.2. The molecule has 0 spiro atoms. The van der Waals surface area contributed by atoms with Crippen LogP contribution in [0.25, 0.3) is 0 Å². The van der Waals surface area contributed by atoms with E-state index in [9.17, 15) is 9.18 Å². The SMILES string of the molecule is O=C(c1ccc(COc2ccc(F)cc2)o1)N1CCN(Cc2ccccc2)CC1. The van der Waals surface area contributed by atoms with E-state index in [1.165, 1.54) is 17.7 Å². The molecule has 2 aromatic carbocycles. The van der Waals surface area contributed by atoms with Gasteiger partial charge in [-0.05, 0) is 42.0 Å². The van der Waals surface area contributed by atoms with Crippen LogP contribution in [-0.2, 0) is 13.2 Å². The number of carbonyl (C=O) groups is 1. The van der Waals surface area contributed by atoms with Crippen LogP contribution in [0.5, 0.6) is 5.75 Å². The lowest BCUT2D eigenvalue weighted by Gasteiger charge is -2.34. The summed E-state index contributed by atoms with van der Waals surface area (Å²) < 4.78 is 24.2. The number of benzene rings is 2. The number of furan rings is 1. The minimum absolute atomic E-state index is 0.0996. The van der Waals surface area contributed by atoms with Crippen molar-refractivity contribution in [2.24, 2.45) is 0 Å². The fourth-order valence-electron chi connectivity index (χ4n) is 3.36. The van der Waals surface area contributed by atoms with E-state index in [-0.39, 0.29) is 18.3 Å². The summed E-state index contributed by atoms with van der Waals surface area (Å²) in [6.07, 6.45) is 0. The Morgan fingerprint density at radius 3 is 2.38 bits per heavy atom.